The summed E-state index contributed by atoms with van der Waals surface area (Å²) >= 11 is 7.85. The van der Waals surface area contributed by atoms with Crippen LogP contribution in [-0.2, 0) is 9.59 Å². The van der Waals surface area contributed by atoms with Crippen LogP contribution in [0.25, 0.3) is 6.08 Å². The molecule has 2 rings (SSSR count). The average Bonchev–Trinajstić information content (AvgIpc) is 2.84. The van der Waals surface area contributed by atoms with Gasteiger partial charge in [-0.2, -0.15) is 0 Å². The molecule has 19 heavy (non-hydrogen) atoms. The highest BCUT2D eigenvalue weighted by atomic mass is 32.2. The fourth-order valence-corrected chi connectivity index (χ4v) is 3.77. The van der Waals surface area contributed by atoms with E-state index in [1.807, 2.05) is 18.4 Å². The molecule has 4 nitrogen and oxygen atoms in total. The number of nitrogens with zero attached hydrogens (tertiary/aromatic N) is 1. The van der Waals surface area contributed by atoms with Gasteiger partial charge in [-0.3, -0.25) is 9.69 Å². The molecule has 0 spiro atoms. The van der Waals surface area contributed by atoms with Crippen molar-refractivity contribution in [1.82, 2.24) is 4.90 Å². The molecule has 1 saturated heterocycles. The standard InChI is InChI=1S/C12H11NO3S3/c1-7-3-5-18-8(7)6-9-11(16)13(12(17)19-9)4-2-10(14)15/h3,5-6H,2,4H2,1H3,(H,14,15)/p-1/b9-6+. The number of carbonyl (C=O) groups excluding carboxylic acids is 2. The number of thiocarbonyl (C=S) groups is 1. The molecule has 0 aliphatic carbocycles. The molecule has 0 N–H and O–H groups in total. The predicted octanol–water partition coefficient (Wildman–Crippen LogP) is 1.40. The Labute approximate surface area is 124 Å². The Kier molecular flexibility index (Phi) is 4.38. The van der Waals surface area contributed by atoms with Gasteiger partial charge in [0.2, 0.25) is 0 Å². The summed E-state index contributed by atoms with van der Waals surface area (Å²) in [7, 11) is 0. The normalized spacial score (nSPS) is 17.5. The zero-order valence-corrected chi connectivity index (χ0v) is 12.5. The molecule has 0 bridgehead atoms. The molecule has 1 aromatic rings. The number of carbonyl (C=O) groups is 2. The molecule has 2 heterocycles. The lowest BCUT2D eigenvalue weighted by Gasteiger charge is -2.14. The summed E-state index contributed by atoms with van der Waals surface area (Å²) < 4.78 is 0.395. The number of hydrogen-bond donors (Lipinski definition) is 0. The number of carboxylic acids is 1. The van der Waals surface area contributed by atoms with Crippen LogP contribution in [0, 0.1) is 6.92 Å². The van der Waals surface area contributed by atoms with Gasteiger partial charge in [0.15, 0.2) is 0 Å². The van der Waals surface area contributed by atoms with Crippen molar-refractivity contribution in [3.05, 3.63) is 26.8 Å². The van der Waals surface area contributed by atoms with Crippen molar-refractivity contribution in [3.8, 4) is 0 Å². The van der Waals surface area contributed by atoms with Gasteiger partial charge in [0.1, 0.15) is 4.32 Å². The third-order valence-electron chi connectivity index (χ3n) is 2.58. The minimum Gasteiger partial charge on any atom is -0.550 e. The quantitative estimate of drug-likeness (QED) is 0.621. The molecular weight excluding hydrogens is 302 g/mol. The van der Waals surface area contributed by atoms with Gasteiger partial charge in [0, 0.05) is 23.8 Å². The number of carboxylic acid groups (broad SMARTS) is 1. The third kappa shape index (κ3) is 3.23. The van der Waals surface area contributed by atoms with Gasteiger partial charge in [-0.15, -0.1) is 11.3 Å². The second-order valence-corrected chi connectivity index (χ2v) is 6.55. The first-order chi connectivity index (χ1) is 8.99. The lowest BCUT2D eigenvalue weighted by atomic mass is 10.2. The van der Waals surface area contributed by atoms with E-state index in [4.69, 9.17) is 12.2 Å². The van der Waals surface area contributed by atoms with Gasteiger partial charge in [-0.25, -0.2) is 0 Å². The first-order valence-electron chi connectivity index (χ1n) is 5.48. The zero-order valence-electron chi connectivity index (χ0n) is 10.0. The second-order valence-electron chi connectivity index (χ2n) is 3.92. The Balaban J connectivity index is 2.16. The molecule has 0 unspecified atom stereocenters. The lowest BCUT2D eigenvalue weighted by molar-refractivity contribution is -0.305. The van der Waals surface area contributed by atoms with Crippen molar-refractivity contribution in [2.75, 3.05) is 6.54 Å². The minimum atomic E-state index is -1.19. The Hall–Kier alpha value is -1.18. The zero-order chi connectivity index (χ0) is 14.0. The van der Waals surface area contributed by atoms with Crippen molar-refractivity contribution in [3.63, 3.8) is 0 Å². The Morgan fingerprint density at radius 1 is 1.58 bits per heavy atom. The van der Waals surface area contributed by atoms with Crippen LogP contribution in [-0.4, -0.2) is 27.6 Å². The molecule has 7 heteroatoms. The predicted molar refractivity (Wildman–Crippen MR) is 78.6 cm³/mol. The molecule has 0 aromatic carbocycles. The average molecular weight is 312 g/mol. The molecular formula is C12H10NO3S3-. The number of aliphatic carboxylic acids is 1. The SMILES string of the molecule is Cc1ccsc1/C=C1/SC(=S)N(CCC(=O)[O-])C1=O. The highest BCUT2D eigenvalue weighted by Crippen LogP contribution is 2.33. The van der Waals surface area contributed by atoms with E-state index in [-0.39, 0.29) is 18.9 Å². The molecule has 1 aromatic heterocycles. The van der Waals surface area contributed by atoms with E-state index in [1.54, 1.807) is 17.4 Å². The molecule has 1 fully saturated rings. The molecule has 0 saturated carbocycles. The van der Waals surface area contributed by atoms with Crippen molar-refractivity contribution in [2.24, 2.45) is 0 Å². The fraction of sp³-hybridized carbons (Fsp3) is 0.250. The van der Waals surface area contributed by atoms with E-state index < -0.39 is 5.97 Å². The number of hydrogen-bond acceptors (Lipinski definition) is 6. The Morgan fingerprint density at radius 3 is 2.89 bits per heavy atom. The lowest BCUT2D eigenvalue weighted by Crippen LogP contribution is -2.33. The van der Waals surface area contributed by atoms with E-state index in [0.29, 0.717) is 9.23 Å². The minimum absolute atomic E-state index is 0.0633. The van der Waals surface area contributed by atoms with Crippen molar-refractivity contribution >= 4 is 57.6 Å². The first kappa shape index (κ1) is 14.2. The maximum atomic E-state index is 12.1. The number of amides is 1. The van der Waals surface area contributed by atoms with Crippen LogP contribution >= 0.6 is 35.3 Å². The molecule has 0 atom stereocenters. The van der Waals surface area contributed by atoms with Crippen molar-refractivity contribution in [1.29, 1.82) is 0 Å². The van der Waals surface area contributed by atoms with Crippen LogP contribution < -0.4 is 5.11 Å². The topological polar surface area (TPSA) is 60.4 Å². The summed E-state index contributed by atoms with van der Waals surface area (Å²) in [6, 6.07) is 1.98. The first-order valence-corrected chi connectivity index (χ1v) is 7.59. The number of rotatable bonds is 4. The van der Waals surface area contributed by atoms with E-state index >= 15 is 0 Å². The summed E-state index contributed by atoms with van der Waals surface area (Å²) in [5.41, 5.74) is 1.10. The van der Waals surface area contributed by atoms with Crippen LogP contribution in [0.4, 0.5) is 0 Å². The van der Waals surface area contributed by atoms with E-state index in [2.05, 4.69) is 0 Å². The van der Waals surface area contributed by atoms with Crippen molar-refractivity contribution < 1.29 is 14.7 Å². The Morgan fingerprint density at radius 2 is 2.32 bits per heavy atom. The van der Waals surface area contributed by atoms with Gasteiger partial charge in [0.05, 0.1) is 4.91 Å². The summed E-state index contributed by atoms with van der Waals surface area (Å²) in [5.74, 6) is -1.42. The van der Waals surface area contributed by atoms with Crippen LogP contribution in [0.1, 0.15) is 16.9 Å². The summed E-state index contributed by atoms with van der Waals surface area (Å²) in [5, 5.41) is 12.4. The number of thioether (sulfide) groups is 1. The molecule has 1 amide bonds. The van der Waals surface area contributed by atoms with Gasteiger partial charge in [-0.1, -0.05) is 24.0 Å². The summed E-state index contributed by atoms with van der Waals surface area (Å²) in [4.78, 5) is 25.4. The molecule has 1 aliphatic heterocycles. The maximum absolute atomic E-state index is 12.1. The van der Waals surface area contributed by atoms with Crippen LogP contribution in [0.3, 0.4) is 0 Å². The maximum Gasteiger partial charge on any atom is 0.266 e. The fourth-order valence-electron chi connectivity index (χ4n) is 1.55. The van der Waals surface area contributed by atoms with E-state index in [0.717, 1.165) is 10.4 Å². The summed E-state index contributed by atoms with van der Waals surface area (Å²) in [6.07, 6.45) is 1.59. The number of thiophene rings is 1. The van der Waals surface area contributed by atoms with E-state index in [9.17, 15) is 14.7 Å². The second kappa shape index (κ2) is 5.85. The molecule has 1 aliphatic rings. The Bertz CT molecular complexity index is 577. The van der Waals surface area contributed by atoms with Gasteiger partial charge in [-0.05, 0) is 30.0 Å². The van der Waals surface area contributed by atoms with Gasteiger partial charge < -0.3 is 9.90 Å². The smallest absolute Gasteiger partial charge is 0.266 e. The van der Waals surface area contributed by atoms with Crippen molar-refractivity contribution in [2.45, 2.75) is 13.3 Å². The molecule has 0 radical (unpaired) electrons. The monoisotopic (exact) mass is 312 g/mol. The largest absolute Gasteiger partial charge is 0.550 e. The van der Waals surface area contributed by atoms with Crippen LogP contribution in [0.15, 0.2) is 16.4 Å². The molecule has 100 valence electrons. The number of aryl methyl sites for hydroxylation is 1. The third-order valence-corrected chi connectivity index (χ3v) is 4.92. The highest BCUT2D eigenvalue weighted by molar-refractivity contribution is 8.26. The van der Waals surface area contributed by atoms with E-state index in [1.165, 1.54) is 16.7 Å². The van der Waals surface area contributed by atoms with Crippen LogP contribution in [0.5, 0.6) is 0 Å². The van der Waals surface area contributed by atoms with Gasteiger partial charge >= 0.3 is 0 Å². The highest BCUT2D eigenvalue weighted by Gasteiger charge is 2.31. The van der Waals surface area contributed by atoms with Crippen LogP contribution in [0.2, 0.25) is 0 Å². The van der Waals surface area contributed by atoms with Gasteiger partial charge in [0.25, 0.3) is 5.91 Å². The summed E-state index contributed by atoms with van der Waals surface area (Å²) in [6.45, 7) is 2.03.